The topological polar surface area (TPSA) is 241 Å². The van der Waals surface area contributed by atoms with Crippen molar-refractivity contribution in [2.24, 2.45) is 0 Å². The third-order valence-corrected chi connectivity index (χ3v) is 0.940. The molecule has 4 N–H and O–H groups in total. The molecule has 0 aromatic carbocycles. The third-order valence-electron chi connectivity index (χ3n) is 0.940. The van der Waals surface area contributed by atoms with Gasteiger partial charge in [0, 0.05) is 0 Å². The minimum atomic E-state index is -1.44. The molecule has 0 amide bonds. The molecule has 0 radical (unpaired) electrons. The summed E-state index contributed by atoms with van der Waals surface area (Å²) < 4.78 is 0. The Hall–Kier alpha value is -1.40. The van der Waals surface area contributed by atoms with Crippen LogP contribution in [0.1, 0.15) is 13.8 Å². The van der Waals surface area contributed by atoms with E-state index in [0.29, 0.717) is 0 Å². The van der Waals surface area contributed by atoms with E-state index in [2.05, 4.69) is 0 Å². The van der Waals surface area contributed by atoms with E-state index in [1.165, 1.54) is 0 Å². The van der Waals surface area contributed by atoms with Gasteiger partial charge < -0.3 is 60.0 Å². The van der Waals surface area contributed by atoms with Crippen LogP contribution in [0.2, 0.25) is 0 Å². The predicted molar refractivity (Wildman–Crippen MR) is 57.6 cm³/mol. The maximum atomic E-state index is 9.34. The largest absolute Gasteiger partial charge is 4.00 e. The van der Waals surface area contributed by atoms with Crippen LogP contribution in [0.25, 0.3) is 0 Å². The molecule has 0 aromatic heterocycles. The number of carbonyl (C=O) groups is 4. The van der Waals surface area contributed by atoms with Gasteiger partial charge in [-0.1, -0.05) is 0 Å². The Labute approximate surface area is 149 Å². The fourth-order valence-electron chi connectivity index (χ4n) is 0. The first-order chi connectivity index (χ1) is 9.83. The van der Waals surface area contributed by atoms with Crippen molar-refractivity contribution in [1.29, 1.82) is 0 Å². The van der Waals surface area contributed by atoms with Gasteiger partial charge in [0.25, 0.3) is 0 Å². The summed E-state index contributed by atoms with van der Waals surface area (Å²) in [5, 5.41) is 67.6. The summed E-state index contributed by atoms with van der Waals surface area (Å²) in [7, 11) is 0. The van der Waals surface area contributed by atoms with Crippen LogP contribution >= 0.6 is 0 Å². The van der Waals surface area contributed by atoms with Crippen LogP contribution in [0.4, 0.5) is 0 Å². The van der Waals surface area contributed by atoms with Crippen LogP contribution in [0.5, 0.6) is 0 Å². The minimum Gasteiger partial charge on any atom is -0.548 e. The Balaban J connectivity index is -0.0000000620. The van der Waals surface area contributed by atoms with Crippen LogP contribution in [0.15, 0.2) is 0 Å². The van der Waals surface area contributed by atoms with E-state index in [0.717, 1.165) is 13.8 Å². The number of carbonyl (C=O) groups excluding carboxylic acids is 4. The molecule has 12 nitrogen and oxygen atoms in total. The number of carboxylic acids is 4. The van der Waals surface area contributed by atoms with Gasteiger partial charge in [-0.3, -0.25) is 0 Å². The van der Waals surface area contributed by atoms with Crippen LogP contribution in [-0.4, -0.2) is 69.7 Å². The summed E-state index contributed by atoms with van der Waals surface area (Å²) in [4.78, 5) is 36.7. The van der Waals surface area contributed by atoms with Crippen molar-refractivity contribution in [1.82, 2.24) is 0 Å². The van der Waals surface area contributed by atoms with Crippen LogP contribution in [0.3, 0.4) is 0 Å². The fourth-order valence-corrected chi connectivity index (χ4v) is 0. The minimum absolute atomic E-state index is 0. The van der Waals surface area contributed by atoms with Crippen molar-refractivity contribution in [2.45, 2.75) is 26.1 Å². The van der Waals surface area contributed by atoms with E-state index in [9.17, 15) is 19.8 Å². The standard InChI is InChI=1S/2C3H6O3.2C2H4O3.Zr/c2*1-2(4)3(5)6;2*3-1-2(4)5;/h2*2,4H,1H3,(H,5,6);2*3H,1H2,(H,4,5);/q;;;;+4/p-4. The Bertz CT molecular complexity index is 296. The monoisotopic (exact) mass is 418 g/mol. The predicted octanol–water partition coefficient (Wildman–Crippen LogP) is -8.31. The molecule has 0 fully saturated rings. The van der Waals surface area contributed by atoms with E-state index < -0.39 is 49.3 Å². The number of aliphatic hydroxyl groups is 4. The molecule has 0 aliphatic heterocycles. The first kappa shape index (κ1) is 33.3. The molecule has 13 heteroatoms. The summed E-state index contributed by atoms with van der Waals surface area (Å²) in [5.74, 6) is -5.75. The average Bonchev–Trinajstić information content (AvgIpc) is 2.40. The van der Waals surface area contributed by atoms with E-state index in [1.54, 1.807) is 0 Å². The first-order valence-electron chi connectivity index (χ1n) is 5.22. The maximum Gasteiger partial charge on any atom is 4.00 e. The van der Waals surface area contributed by atoms with Crippen LogP contribution in [0, 0.1) is 0 Å². The number of aliphatic carboxylic acids is 4. The molecule has 0 heterocycles. The molecule has 0 rings (SSSR count). The molecule has 0 aromatic rings. The maximum absolute atomic E-state index is 9.34. The van der Waals surface area contributed by atoms with Gasteiger partial charge in [0.15, 0.2) is 0 Å². The van der Waals surface area contributed by atoms with Gasteiger partial charge in [-0.15, -0.1) is 0 Å². The van der Waals surface area contributed by atoms with Gasteiger partial charge in [-0.25, -0.2) is 0 Å². The van der Waals surface area contributed by atoms with Gasteiger partial charge in [0.05, 0.1) is 49.3 Å². The van der Waals surface area contributed by atoms with Crippen molar-refractivity contribution in [2.75, 3.05) is 13.2 Å². The second-order valence-electron chi connectivity index (χ2n) is 3.05. The number of hydrogen-bond donors (Lipinski definition) is 4. The van der Waals surface area contributed by atoms with Gasteiger partial charge in [0.2, 0.25) is 0 Å². The van der Waals surface area contributed by atoms with Gasteiger partial charge >= 0.3 is 26.2 Å². The summed E-state index contributed by atoms with van der Waals surface area (Å²) >= 11 is 0. The van der Waals surface area contributed by atoms with Gasteiger partial charge in [-0.2, -0.15) is 0 Å². The fraction of sp³-hybridized carbons (Fsp3) is 0.600. The molecule has 23 heavy (non-hydrogen) atoms. The molecular weight excluding hydrogens is 403 g/mol. The quantitative estimate of drug-likeness (QED) is 0.332. The van der Waals surface area contributed by atoms with E-state index in [4.69, 9.17) is 40.2 Å². The Morgan fingerprint density at radius 1 is 0.739 bits per heavy atom. The molecule has 0 saturated heterocycles. The second kappa shape index (κ2) is 22.9. The summed E-state index contributed by atoms with van der Waals surface area (Å²) in [6.07, 6.45) is -2.69. The molecule has 0 aliphatic carbocycles. The number of hydrogen-bond acceptors (Lipinski definition) is 12. The summed E-state index contributed by atoms with van der Waals surface area (Å²) in [6, 6.07) is 0. The van der Waals surface area contributed by atoms with E-state index in [1.807, 2.05) is 0 Å². The molecule has 0 aliphatic rings. The Kier molecular flexibility index (Phi) is 33.1. The molecule has 2 unspecified atom stereocenters. The molecule has 0 saturated carbocycles. The normalized spacial score (nSPS) is 10.3. The van der Waals surface area contributed by atoms with Crippen molar-refractivity contribution in [3.05, 3.63) is 0 Å². The smallest absolute Gasteiger partial charge is 0.548 e. The van der Waals surface area contributed by atoms with E-state index in [-0.39, 0.29) is 26.2 Å². The first-order valence-corrected chi connectivity index (χ1v) is 5.22. The van der Waals surface area contributed by atoms with Crippen LogP contribution < -0.4 is 20.4 Å². The molecule has 0 spiro atoms. The van der Waals surface area contributed by atoms with Crippen molar-refractivity contribution < 1.29 is 86.2 Å². The number of aliphatic hydroxyl groups excluding tert-OH is 4. The number of carboxylic acid groups (broad SMARTS) is 4. The van der Waals surface area contributed by atoms with E-state index >= 15 is 0 Å². The van der Waals surface area contributed by atoms with Crippen LogP contribution in [-0.2, 0) is 45.4 Å². The molecule has 2 atom stereocenters. The van der Waals surface area contributed by atoms with Crippen molar-refractivity contribution >= 4 is 23.9 Å². The zero-order valence-corrected chi connectivity index (χ0v) is 14.6. The summed E-state index contributed by atoms with van der Waals surface area (Å²) in [6.45, 7) is 0.491. The van der Waals surface area contributed by atoms with Gasteiger partial charge in [-0.05, 0) is 13.8 Å². The average molecular weight is 419 g/mol. The zero-order chi connectivity index (χ0) is 18.9. The van der Waals surface area contributed by atoms with Gasteiger partial charge in [0.1, 0.15) is 0 Å². The Morgan fingerprint density at radius 2 is 0.826 bits per heavy atom. The molecule has 0 bridgehead atoms. The SMILES string of the molecule is CC(O)C(=O)[O-].CC(O)C(=O)[O-].O=C([O-])CO.O=C([O-])CO.[Zr+4]. The number of rotatable bonds is 4. The zero-order valence-electron chi connectivity index (χ0n) is 12.1. The second-order valence-corrected chi connectivity index (χ2v) is 3.05. The van der Waals surface area contributed by atoms with Crippen molar-refractivity contribution in [3.63, 3.8) is 0 Å². The summed E-state index contributed by atoms with van der Waals surface area (Å²) in [5.41, 5.74) is 0. The Morgan fingerprint density at radius 3 is 0.826 bits per heavy atom. The molecular formula is C10H16O12Zr. The van der Waals surface area contributed by atoms with Crippen molar-refractivity contribution in [3.8, 4) is 0 Å². The third kappa shape index (κ3) is 63.4. The molecule has 132 valence electrons.